The highest BCUT2D eigenvalue weighted by atomic mass is 32.1. The molecule has 9 nitrogen and oxygen atoms in total. The van der Waals surface area contributed by atoms with Crippen molar-refractivity contribution in [1.82, 2.24) is 19.2 Å². The molecule has 1 aromatic carbocycles. The van der Waals surface area contributed by atoms with Crippen molar-refractivity contribution in [1.29, 1.82) is 0 Å². The monoisotopic (exact) mass is 447 g/mol. The number of rotatable bonds is 9. The molecule has 3 rings (SSSR count). The largest absolute Gasteiger partial charge is 0.477 e. The summed E-state index contributed by atoms with van der Waals surface area (Å²) in [4.78, 5) is 27.7. The number of carboxylic acid groups (broad SMARTS) is 1. The van der Waals surface area contributed by atoms with Crippen LogP contribution in [0, 0.1) is 19.7 Å². The zero-order valence-corrected chi connectivity index (χ0v) is 17.8. The maximum Gasteiger partial charge on any atom is 0.344 e. The molecule has 0 bridgehead atoms. The summed E-state index contributed by atoms with van der Waals surface area (Å²) < 4.78 is 25.5. The summed E-state index contributed by atoms with van der Waals surface area (Å²) in [5.74, 6) is -1.91. The second-order valence-electron chi connectivity index (χ2n) is 6.86. The topological polar surface area (TPSA) is 118 Å². The summed E-state index contributed by atoms with van der Waals surface area (Å²) in [5.41, 5.74) is 1.52. The number of aromatic nitrogens is 3. The second kappa shape index (κ2) is 10.0. The Kier molecular flexibility index (Phi) is 7.19. The average molecular weight is 447 g/mol. The highest BCUT2D eigenvalue weighted by molar-refractivity contribution is 7.11. The van der Waals surface area contributed by atoms with Gasteiger partial charge in [0.25, 0.3) is 0 Å². The zero-order chi connectivity index (χ0) is 22.4. The van der Waals surface area contributed by atoms with Crippen molar-refractivity contribution < 1.29 is 23.8 Å². The fraction of sp³-hybridized carbons (Fsp3) is 0.300. The molecule has 31 heavy (non-hydrogen) atoms. The lowest BCUT2D eigenvalue weighted by molar-refractivity contribution is 0.0693. The van der Waals surface area contributed by atoms with Gasteiger partial charge in [0.1, 0.15) is 17.4 Å². The van der Waals surface area contributed by atoms with Crippen molar-refractivity contribution in [2.45, 2.75) is 33.4 Å². The van der Waals surface area contributed by atoms with E-state index in [1.807, 2.05) is 16.8 Å². The number of anilines is 1. The second-order valence-corrected chi connectivity index (χ2v) is 7.64. The smallest absolute Gasteiger partial charge is 0.344 e. The number of amides is 2. The summed E-state index contributed by atoms with van der Waals surface area (Å²) in [7, 11) is 0. The van der Waals surface area contributed by atoms with Gasteiger partial charge in [-0.3, -0.25) is 5.32 Å². The quantitative estimate of drug-likeness (QED) is 0.432. The van der Waals surface area contributed by atoms with E-state index in [1.165, 1.54) is 6.07 Å². The lowest BCUT2D eigenvalue weighted by Crippen LogP contribution is -2.30. The molecule has 0 unspecified atom stereocenters. The third kappa shape index (κ3) is 5.79. The first-order valence-electron chi connectivity index (χ1n) is 9.47. The van der Waals surface area contributed by atoms with E-state index in [4.69, 9.17) is 4.74 Å². The lowest BCUT2D eigenvalue weighted by atomic mass is 10.1. The Morgan fingerprint density at radius 3 is 2.81 bits per heavy atom. The Morgan fingerprint density at radius 2 is 2.13 bits per heavy atom. The van der Waals surface area contributed by atoms with Crippen LogP contribution in [0.4, 0.5) is 14.2 Å². The molecule has 164 valence electrons. The third-order valence-corrected chi connectivity index (χ3v) is 5.20. The number of carbonyl (C=O) groups is 2. The van der Waals surface area contributed by atoms with Gasteiger partial charge in [-0.2, -0.15) is 4.37 Å². The number of aryl methyl sites for hydroxylation is 3. The van der Waals surface area contributed by atoms with E-state index in [2.05, 4.69) is 20.0 Å². The molecule has 3 N–H and O–H groups in total. The number of benzene rings is 1. The summed E-state index contributed by atoms with van der Waals surface area (Å²) in [6.07, 6.45) is 5.85. The molecular formula is C20H22FN5O4S. The average Bonchev–Trinajstić information content (AvgIpc) is 3.34. The molecule has 2 heterocycles. The maximum absolute atomic E-state index is 14.2. The van der Waals surface area contributed by atoms with Crippen LogP contribution in [0.5, 0.6) is 5.88 Å². The number of urea groups is 1. The minimum Gasteiger partial charge on any atom is -0.477 e. The fourth-order valence-corrected chi connectivity index (χ4v) is 3.67. The van der Waals surface area contributed by atoms with Gasteiger partial charge in [0.05, 0.1) is 6.33 Å². The molecule has 11 heteroatoms. The van der Waals surface area contributed by atoms with Crippen LogP contribution < -0.4 is 15.4 Å². The molecule has 0 fully saturated rings. The molecule has 0 aliphatic carbocycles. The highest BCUT2D eigenvalue weighted by Crippen LogP contribution is 2.31. The first kappa shape index (κ1) is 22.2. The van der Waals surface area contributed by atoms with Crippen LogP contribution in [0.15, 0.2) is 30.9 Å². The van der Waals surface area contributed by atoms with Gasteiger partial charge in [-0.05, 0) is 49.0 Å². The molecule has 0 spiro atoms. The molecule has 3 aromatic rings. The van der Waals surface area contributed by atoms with Gasteiger partial charge < -0.3 is 19.7 Å². The number of halogens is 1. The van der Waals surface area contributed by atoms with Crippen LogP contribution in [-0.2, 0) is 13.2 Å². The van der Waals surface area contributed by atoms with E-state index in [-0.39, 0.29) is 23.1 Å². The molecule has 2 aromatic heterocycles. The number of hydrogen-bond donors (Lipinski definition) is 3. The minimum atomic E-state index is -1.31. The van der Waals surface area contributed by atoms with Gasteiger partial charge in [0.2, 0.25) is 5.88 Å². The molecule has 0 aliphatic rings. The SMILES string of the molecule is Cc1cc(C)c(COc2nsc(NC(=O)NCCCn3ccnc3)c2C(=O)O)c(F)c1. The predicted molar refractivity (Wildman–Crippen MR) is 113 cm³/mol. The standard InChI is InChI=1S/C20H22FN5O4S/c1-12-8-13(2)14(15(21)9-12)10-30-17-16(19(27)28)18(31-25-17)24-20(29)23-4-3-6-26-7-5-22-11-26/h5,7-9,11H,3-4,6,10H2,1-2H3,(H,27,28)(H2,23,24,29). The van der Waals surface area contributed by atoms with Crippen molar-refractivity contribution in [2.75, 3.05) is 11.9 Å². The van der Waals surface area contributed by atoms with Crippen molar-refractivity contribution >= 4 is 28.5 Å². The van der Waals surface area contributed by atoms with Gasteiger partial charge in [-0.15, -0.1) is 0 Å². The van der Waals surface area contributed by atoms with Crippen molar-refractivity contribution in [3.8, 4) is 5.88 Å². The van der Waals surface area contributed by atoms with E-state index in [9.17, 15) is 19.1 Å². The lowest BCUT2D eigenvalue weighted by Gasteiger charge is -2.10. The number of nitrogens with zero attached hydrogens (tertiary/aromatic N) is 3. The summed E-state index contributed by atoms with van der Waals surface area (Å²) in [5, 5.41) is 14.7. The van der Waals surface area contributed by atoms with Crippen LogP contribution in [-0.4, -0.2) is 37.6 Å². The van der Waals surface area contributed by atoms with Crippen LogP contribution >= 0.6 is 11.5 Å². The van der Waals surface area contributed by atoms with Crippen LogP contribution in [0.1, 0.15) is 33.5 Å². The van der Waals surface area contributed by atoms with E-state index in [1.54, 1.807) is 26.4 Å². The molecule has 0 radical (unpaired) electrons. The number of ether oxygens (including phenoxy) is 1. The molecule has 0 aliphatic heterocycles. The Bertz CT molecular complexity index is 1040. The fourth-order valence-electron chi connectivity index (χ4n) is 2.95. The molecule has 2 amide bonds. The molecular weight excluding hydrogens is 425 g/mol. The number of hydrogen-bond acceptors (Lipinski definition) is 6. The van der Waals surface area contributed by atoms with E-state index in [0.717, 1.165) is 17.1 Å². The van der Waals surface area contributed by atoms with Crippen molar-refractivity contribution in [2.24, 2.45) is 0 Å². The maximum atomic E-state index is 14.2. The number of aromatic carboxylic acids is 1. The highest BCUT2D eigenvalue weighted by Gasteiger charge is 2.24. The van der Waals surface area contributed by atoms with Gasteiger partial charge in [0.15, 0.2) is 5.56 Å². The van der Waals surface area contributed by atoms with E-state index in [0.29, 0.717) is 30.6 Å². The van der Waals surface area contributed by atoms with Gasteiger partial charge in [-0.1, -0.05) is 6.07 Å². The summed E-state index contributed by atoms with van der Waals surface area (Å²) >= 11 is 0.782. The summed E-state index contributed by atoms with van der Waals surface area (Å²) in [6, 6.07) is 2.64. The molecule has 0 saturated heterocycles. The normalized spacial score (nSPS) is 10.7. The van der Waals surface area contributed by atoms with E-state index >= 15 is 0 Å². The Morgan fingerprint density at radius 1 is 1.32 bits per heavy atom. The van der Waals surface area contributed by atoms with Crippen molar-refractivity contribution in [3.63, 3.8) is 0 Å². The Balaban J connectivity index is 1.59. The van der Waals surface area contributed by atoms with Crippen LogP contribution in [0.2, 0.25) is 0 Å². The molecule has 0 atom stereocenters. The Labute approximate surface area is 182 Å². The number of nitrogens with one attached hydrogen (secondary N) is 2. The van der Waals surface area contributed by atoms with Gasteiger partial charge in [-0.25, -0.2) is 19.0 Å². The van der Waals surface area contributed by atoms with E-state index < -0.39 is 17.8 Å². The minimum absolute atomic E-state index is 0.0377. The number of carboxylic acids is 1. The summed E-state index contributed by atoms with van der Waals surface area (Å²) in [6.45, 7) is 4.43. The van der Waals surface area contributed by atoms with Gasteiger partial charge in [0, 0.05) is 31.0 Å². The first-order valence-corrected chi connectivity index (χ1v) is 10.2. The number of imidazole rings is 1. The zero-order valence-electron chi connectivity index (χ0n) is 17.0. The van der Waals surface area contributed by atoms with Crippen LogP contribution in [0.3, 0.4) is 0 Å². The molecule has 0 saturated carbocycles. The predicted octanol–water partition coefficient (Wildman–Crippen LogP) is 3.58. The van der Waals surface area contributed by atoms with Crippen LogP contribution in [0.25, 0.3) is 0 Å². The van der Waals surface area contributed by atoms with Gasteiger partial charge >= 0.3 is 12.0 Å². The van der Waals surface area contributed by atoms with Crippen molar-refractivity contribution in [3.05, 3.63) is 58.9 Å². The third-order valence-electron chi connectivity index (χ3n) is 4.46. The Hall–Kier alpha value is -3.47. The first-order chi connectivity index (χ1) is 14.8. The number of carbonyl (C=O) groups excluding carboxylic acids is 1.